The number of aromatic carboxylic acids is 1. The number of benzene rings is 1. The number of carboxylic acids is 1. The standard InChI is InChI=1S/C14H10N2O2S/c17-14(18)10-5-1-2-7-12(10)19-13-9-15-16-8-4-3-6-11(13)16/h1-9H,(H,17,18). The van der Waals surface area contributed by atoms with Crippen LogP contribution in [-0.4, -0.2) is 20.7 Å². The molecule has 0 fully saturated rings. The van der Waals surface area contributed by atoms with Crippen molar-refractivity contribution in [3.8, 4) is 0 Å². The van der Waals surface area contributed by atoms with Crippen LogP contribution in [0.15, 0.2) is 64.6 Å². The van der Waals surface area contributed by atoms with E-state index < -0.39 is 5.97 Å². The van der Waals surface area contributed by atoms with Crippen molar-refractivity contribution in [3.05, 3.63) is 60.4 Å². The van der Waals surface area contributed by atoms with Crippen molar-refractivity contribution in [1.82, 2.24) is 9.61 Å². The van der Waals surface area contributed by atoms with Crippen molar-refractivity contribution in [2.75, 3.05) is 0 Å². The van der Waals surface area contributed by atoms with E-state index in [2.05, 4.69) is 5.10 Å². The van der Waals surface area contributed by atoms with Crippen molar-refractivity contribution < 1.29 is 9.90 Å². The van der Waals surface area contributed by atoms with Gasteiger partial charge in [0.1, 0.15) is 0 Å². The minimum absolute atomic E-state index is 0.308. The molecule has 4 nitrogen and oxygen atoms in total. The molecule has 0 aliphatic heterocycles. The molecule has 5 heteroatoms. The minimum Gasteiger partial charge on any atom is -0.478 e. The van der Waals surface area contributed by atoms with Gasteiger partial charge in [0.15, 0.2) is 0 Å². The molecule has 0 aliphatic carbocycles. The zero-order chi connectivity index (χ0) is 13.2. The molecule has 3 rings (SSSR count). The summed E-state index contributed by atoms with van der Waals surface area (Å²) < 4.78 is 1.77. The Hall–Kier alpha value is -2.27. The molecule has 0 spiro atoms. The van der Waals surface area contributed by atoms with Gasteiger partial charge < -0.3 is 5.11 Å². The highest BCUT2D eigenvalue weighted by Crippen LogP contribution is 2.33. The molecule has 0 saturated carbocycles. The number of carboxylic acid groups (broad SMARTS) is 1. The van der Waals surface area contributed by atoms with Crippen molar-refractivity contribution in [1.29, 1.82) is 0 Å². The van der Waals surface area contributed by atoms with E-state index in [4.69, 9.17) is 0 Å². The molecule has 2 aromatic heterocycles. The molecule has 0 aliphatic rings. The van der Waals surface area contributed by atoms with Crippen LogP contribution >= 0.6 is 11.8 Å². The van der Waals surface area contributed by atoms with Gasteiger partial charge in [-0.3, -0.25) is 0 Å². The van der Waals surface area contributed by atoms with Crippen LogP contribution in [0.4, 0.5) is 0 Å². The lowest BCUT2D eigenvalue weighted by Crippen LogP contribution is -1.97. The predicted molar refractivity (Wildman–Crippen MR) is 72.7 cm³/mol. The topological polar surface area (TPSA) is 54.6 Å². The number of hydrogen-bond acceptors (Lipinski definition) is 3. The fourth-order valence-electron chi connectivity index (χ4n) is 1.84. The molecular weight excluding hydrogens is 260 g/mol. The highest BCUT2D eigenvalue weighted by atomic mass is 32.2. The number of carbonyl (C=O) groups is 1. The third kappa shape index (κ3) is 2.20. The van der Waals surface area contributed by atoms with E-state index in [0.29, 0.717) is 10.5 Å². The normalized spacial score (nSPS) is 10.7. The van der Waals surface area contributed by atoms with Gasteiger partial charge >= 0.3 is 5.97 Å². The Kier molecular flexibility index (Phi) is 2.97. The molecular formula is C14H10N2O2S. The van der Waals surface area contributed by atoms with E-state index in [1.54, 1.807) is 28.9 Å². The van der Waals surface area contributed by atoms with E-state index >= 15 is 0 Å². The molecule has 0 bridgehead atoms. The Bertz CT molecular complexity index is 752. The highest BCUT2D eigenvalue weighted by molar-refractivity contribution is 7.99. The molecule has 0 unspecified atom stereocenters. The fourth-order valence-corrected chi connectivity index (χ4v) is 2.86. The Morgan fingerprint density at radius 2 is 1.89 bits per heavy atom. The SMILES string of the molecule is O=C(O)c1ccccc1Sc1cnn2ccccc12. The molecule has 3 aromatic rings. The fraction of sp³-hybridized carbons (Fsp3) is 0. The van der Waals surface area contributed by atoms with Gasteiger partial charge in [-0.05, 0) is 24.3 Å². The first-order chi connectivity index (χ1) is 9.25. The smallest absolute Gasteiger partial charge is 0.336 e. The lowest BCUT2D eigenvalue weighted by molar-refractivity contribution is 0.0693. The van der Waals surface area contributed by atoms with Crippen molar-refractivity contribution in [3.63, 3.8) is 0 Å². The lowest BCUT2D eigenvalue weighted by atomic mass is 10.2. The first-order valence-corrected chi connectivity index (χ1v) is 6.50. The zero-order valence-corrected chi connectivity index (χ0v) is 10.7. The number of hydrogen-bond donors (Lipinski definition) is 1. The third-order valence-electron chi connectivity index (χ3n) is 2.73. The largest absolute Gasteiger partial charge is 0.478 e. The monoisotopic (exact) mass is 270 g/mol. The van der Waals surface area contributed by atoms with Crippen LogP contribution in [0.25, 0.3) is 5.52 Å². The van der Waals surface area contributed by atoms with Crippen LogP contribution < -0.4 is 0 Å². The molecule has 0 radical (unpaired) electrons. The summed E-state index contributed by atoms with van der Waals surface area (Å²) in [6.45, 7) is 0. The van der Waals surface area contributed by atoms with Gasteiger partial charge in [-0.15, -0.1) is 0 Å². The van der Waals surface area contributed by atoms with Gasteiger partial charge in [0, 0.05) is 11.1 Å². The number of fused-ring (bicyclic) bond motifs is 1. The van der Waals surface area contributed by atoms with Crippen LogP contribution in [0.3, 0.4) is 0 Å². The number of rotatable bonds is 3. The first kappa shape index (κ1) is 11.8. The average Bonchev–Trinajstić information content (AvgIpc) is 2.83. The summed E-state index contributed by atoms with van der Waals surface area (Å²) in [5.74, 6) is -0.917. The minimum atomic E-state index is -0.917. The van der Waals surface area contributed by atoms with E-state index in [-0.39, 0.29) is 0 Å². The van der Waals surface area contributed by atoms with E-state index in [9.17, 15) is 9.90 Å². The summed E-state index contributed by atoms with van der Waals surface area (Å²) in [7, 11) is 0. The second-order valence-electron chi connectivity index (χ2n) is 3.94. The third-order valence-corrected chi connectivity index (χ3v) is 3.84. The van der Waals surface area contributed by atoms with Gasteiger partial charge in [0.05, 0.1) is 22.2 Å². The van der Waals surface area contributed by atoms with Crippen LogP contribution in [0.5, 0.6) is 0 Å². The number of aromatic nitrogens is 2. The molecule has 0 atom stereocenters. The summed E-state index contributed by atoms with van der Waals surface area (Å²) in [6, 6.07) is 12.8. The maximum atomic E-state index is 11.2. The molecule has 94 valence electrons. The van der Waals surface area contributed by atoms with Gasteiger partial charge in [-0.25, -0.2) is 9.31 Å². The second-order valence-corrected chi connectivity index (χ2v) is 5.03. The molecule has 1 N–H and O–H groups in total. The van der Waals surface area contributed by atoms with Crippen LogP contribution in [0.2, 0.25) is 0 Å². The number of nitrogens with zero attached hydrogens (tertiary/aromatic N) is 2. The average molecular weight is 270 g/mol. The van der Waals surface area contributed by atoms with Crippen molar-refractivity contribution >= 4 is 23.2 Å². The van der Waals surface area contributed by atoms with Gasteiger partial charge in [-0.1, -0.05) is 30.0 Å². The highest BCUT2D eigenvalue weighted by Gasteiger charge is 2.12. The lowest BCUT2D eigenvalue weighted by Gasteiger charge is -2.04. The van der Waals surface area contributed by atoms with Gasteiger partial charge in [-0.2, -0.15) is 5.10 Å². The Morgan fingerprint density at radius 3 is 2.74 bits per heavy atom. The van der Waals surface area contributed by atoms with Crippen LogP contribution in [-0.2, 0) is 0 Å². The molecule has 2 heterocycles. The zero-order valence-electron chi connectivity index (χ0n) is 9.85. The first-order valence-electron chi connectivity index (χ1n) is 5.68. The number of pyridine rings is 1. The van der Waals surface area contributed by atoms with E-state index in [1.165, 1.54) is 11.8 Å². The molecule has 1 aromatic carbocycles. The predicted octanol–water partition coefficient (Wildman–Crippen LogP) is 3.18. The van der Waals surface area contributed by atoms with E-state index in [1.807, 2.05) is 30.5 Å². The van der Waals surface area contributed by atoms with Crippen molar-refractivity contribution in [2.24, 2.45) is 0 Å². The Balaban J connectivity index is 2.04. The van der Waals surface area contributed by atoms with Crippen LogP contribution in [0, 0.1) is 0 Å². The van der Waals surface area contributed by atoms with Gasteiger partial charge in [0.2, 0.25) is 0 Å². The maximum absolute atomic E-state index is 11.2. The summed E-state index contributed by atoms with van der Waals surface area (Å²) in [6.07, 6.45) is 3.61. The van der Waals surface area contributed by atoms with E-state index in [0.717, 1.165) is 10.4 Å². The maximum Gasteiger partial charge on any atom is 0.336 e. The summed E-state index contributed by atoms with van der Waals surface area (Å²) in [5, 5.41) is 13.4. The molecule has 0 amide bonds. The van der Waals surface area contributed by atoms with Crippen molar-refractivity contribution in [2.45, 2.75) is 9.79 Å². The van der Waals surface area contributed by atoms with Gasteiger partial charge in [0.25, 0.3) is 0 Å². The summed E-state index contributed by atoms with van der Waals surface area (Å²) in [4.78, 5) is 12.8. The summed E-state index contributed by atoms with van der Waals surface area (Å²) in [5.41, 5.74) is 1.27. The second kappa shape index (κ2) is 4.78. The van der Waals surface area contributed by atoms with Crippen LogP contribution in [0.1, 0.15) is 10.4 Å². The molecule has 19 heavy (non-hydrogen) atoms. The Labute approximate surface area is 113 Å². The quantitative estimate of drug-likeness (QED) is 0.794. The molecule has 0 saturated heterocycles. The Morgan fingerprint density at radius 1 is 1.11 bits per heavy atom. The summed E-state index contributed by atoms with van der Waals surface area (Å²) >= 11 is 1.41.